The Morgan fingerprint density at radius 2 is 1.94 bits per heavy atom. The average Bonchev–Trinajstić information content (AvgIpc) is 3.40. The van der Waals surface area contributed by atoms with E-state index in [1.807, 2.05) is 6.92 Å². The monoisotopic (exact) mass is 450 g/mol. The van der Waals surface area contributed by atoms with Gasteiger partial charge in [-0.05, 0) is 42.8 Å². The van der Waals surface area contributed by atoms with Gasteiger partial charge in [0, 0.05) is 18.2 Å². The summed E-state index contributed by atoms with van der Waals surface area (Å²) in [7, 11) is 0. The first-order valence-corrected chi connectivity index (χ1v) is 10.6. The zero-order valence-electron chi connectivity index (χ0n) is 17.0. The van der Waals surface area contributed by atoms with E-state index in [-0.39, 0.29) is 23.1 Å². The number of furan rings is 1. The van der Waals surface area contributed by atoms with Crippen LogP contribution in [0.25, 0.3) is 21.5 Å². The Morgan fingerprint density at radius 1 is 1.12 bits per heavy atom. The van der Waals surface area contributed by atoms with E-state index in [2.05, 4.69) is 15.6 Å². The van der Waals surface area contributed by atoms with Crippen LogP contribution in [0, 0.1) is 10.1 Å². The average molecular weight is 450 g/mol. The van der Waals surface area contributed by atoms with E-state index in [1.54, 1.807) is 36.4 Å². The summed E-state index contributed by atoms with van der Waals surface area (Å²) >= 11 is 1.31. The Bertz CT molecular complexity index is 1330. The number of carbonyl (C=O) groups is 2. The zero-order valence-corrected chi connectivity index (χ0v) is 17.8. The lowest BCUT2D eigenvalue weighted by atomic mass is 10.1. The van der Waals surface area contributed by atoms with Crippen molar-refractivity contribution in [3.05, 3.63) is 70.5 Å². The molecule has 0 atom stereocenters. The topological polar surface area (TPSA) is 127 Å². The maximum Gasteiger partial charge on any atom is 0.291 e. The number of nitro benzene ring substituents is 1. The lowest BCUT2D eigenvalue weighted by Gasteiger charge is -2.03. The van der Waals surface area contributed by atoms with Gasteiger partial charge in [-0.2, -0.15) is 0 Å². The van der Waals surface area contributed by atoms with E-state index in [1.165, 1.54) is 29.5 Å². The summed E-state index contributed by atoms with van der Waals surface area (Å²) in [5.41, 5.74) is 1.42. The first-order chi connectivity index (χ1) is 15.4. The molecule has 0 spiro atoms. The fraction of sp³-hybridized carbons (Fsp3) is 0.136. The van der Waals surface area contributed by atoms with Crippen molar-refractivity contribution in [1.82, 2.24) is 4.98 Å². The zero-order chi connectivity index (χ0) is 22.7. The highest BCUT2D eigenvalue weighted by Crippen LogP contribution is 2.32. The van der Waals surface area contributed by atoms with Crippen molar-refractivity contribution in [1.29, 1.82) is 0 Å². The maximum atomic E-state index is 12.6. The van der Waals surface area contributed by atoms with Crippen molar-refractivity contribution in [2.75, 3.05) is 10.6 Å². The van der Waals surface area contributed by atoms with E-state index in [0.717, 1.165) is 11.1 Å². The summed E-state index contributed by atoms with van der Waals surface area (Å²) in [6, 6.07) is 14.4. The number of hydrogen-bond acceptors (Lipinski definition) is 7. The largest absolute Gasteiger partial charge is 0.451 e. The van der Waals surface area contributed by atoms with E-state index in [0.29, 0.717) is 28.3 Å². The van der Waals surface area contributed by atoms with Crippen molar-refractivity contribution in [2.45, 2.75) is 19.8 Å². The predicted octanol–water partition coefficient (Wildman–Crippen LogP) is 5.46. The number of nitrogens with one attached hydrogen (secondary N) is 2. The second-order valence-electron chi connectivity index (χ2n) is 6.89. The summed E-state index contributed by atoms with van der Waals surface area (Å²) in [4.78, 5) is 39.5. The molecule has 0 bridgehead atoms. The molecular formula is C22H18N4O5S. The van der Waals surface area contributed by atoms with E-state index in [9.17, 15) is 19.7 Å². The minimum Gasteiger partial charge on any atom is -0.451 e. The van der Waals surface area contributed by atoms with Crippen LogP contribution < -0.4 is 10.6 Å². The van der Waals surface area contributed by atoms with Crippen molar-refractivity contribution < 1.29 is 18.9 Å². The number of carbonyl (C=O) groups excluding carboxylic acids is 2. The number of nitro groups is 1. The molecule has 0 aliphatic rings. The molecule has 4 rings (SSSR count). The number of para-hydroxylation sites is 1. The molecular weight excluding hydrogens is 432 g/mol. The molecule has 0 saturated heterocycles. The molecule has 0 radical (unpaired) electrons. The van der Waals surface area contributed by atoms with Crippen LogP contribution >= 0.6 is 11.3 Å². The SMILES string of the molecule is CCCC(=O)Nc1nc2ccc(NC(=O)c3ccc(-c4ccccc4[N+](=O)[O-])o3)cc2s1. The number of rotatable bonds is 7. The van der Waals surface area contributed by atoms with Gasteiger partial charge in [-0.25, -0.2) is 4.98 Å². The summed E-state index contributed by atoms with van der Waals surface area (Å²) in [5, 5.41) is 17.3. The van der Waals surface area contributed by atoms with Gasteiger partial charge in [-0.1, -0.05) is 30.4 Å². The molecule has 0 unspecified atom stereocenters. The minimum atomic E-state index is -0.499. The fourth-order valence-corrected chi connectivity index (χ4v) is 4.02. The van der Waals surface area contributed by atoms with Crippen LogP contribution in [0.2, 0.25) is 0 Å². The molecule has 0 saturated carbocycles. The predicted molar refractivity (Wildman–Crippen MR) is 122 cm³/mol. The molecule has 2 amide bonds. The van der Waals surface area contributed by atoms with Crippen molar-refractivity contribution in [2.24, 2.45) is 0 Å². The van der Waals surface area contributed by atoms with Crippen molar-refractivity contribution in [3.63, 3.8) is 0 Å². The highest BCUT2D eigenvalue weighted by atomic mass is 32.1. The van der Waals surface area contributed by atoms with E-state index in [4.69, 9.17) is 4.42 Å². The molecule has 0 aliphatic carbocycles. The lowest BCUT2D eigenvalue weighted by molar-refractivity contribution is -0.384. The maximum absolute atomic E-state index is 12.6. The van der Waals surface area contributed by atoms with E-state index < -0.39 is 10.8 Å². The summed E-state index contributed by atoms with van der Waals surface area (Å²) in [5.74, 6) is -0.328. The number of fused-ring (bicyclic) bond motifs is 1. The molecule has 162 valence electrons. The Balaban J connectivity index is 1.51. The molecule has 0 aliphatic heterocycles. The normalized spacial score (nSPS) is 10.8. The van der Waals surface area contributed by atoms with Gasteiger partial charge >= 0.3 is 0 Å². The van der Waals surface area contributed by atoms with Crippen molar-refractivity contribution >= 4 is 49.9 Å². The molecule has 32 heavy (non-hydrogen) atoms. The minimum absolute atomic E-state index is 0.0232. The number of nitrogens with zero attached hydrogens (tertiary/aromatic N) is 2. The molecule has 0 fully saturated rings. The number of thiazole rings is 1. The summed E-state index contributed by atoms with van der Waals surface area (Å²) < 4.78 is 6.38. The first kappa shape index (κ1) is 21.2. The standard InChI is InChI=1S/C22H18N4O5S/c1-2-5-20(27)25-22-24-15-9-8-13(12-19(15)32-22)23-21(28)18-11-10-17(31-18)14-6-3-4-7-16(14)26(29)30/h3-4,6-12H,2,5H2,1H3,(H,23,28)(H,24,25,27). The van der Waals surface area contributed by atoms with Gasteiger partial charge in [0.2, 0.25) is 5.91 Å². The Morgan fingerprint density at radius 3 is 2.72 bits per heavy atom. The van der Waals surface area contributed by atoms with Crippen LogP contribution in [0.15, 0.2) is 59.0 Å². The Hall–Kier alpha value is -4.05. The summed E-state index contributed by atoms with van der Waals surface area (Å²) in [6.07, 6.45) is 1.17. The highest BCUT2D eigenvalue weighted by molar-refractivity contribution is 7.22. The van der Waals surface area contributed by atoms with Gasteiger partial charge in [0.15, 0.2) is 10.9 Å². The number of aromatic nitrogens is 1. The van der Waals surface area contributed by atoms with Gasteiger partial charge in [-0.3, -0.25) is 19.7 Å². The van der Waals surface area contributed by atoms with Gasteiger partial charge in [0.1, 0.15) is 5.76 Å². The molecule has 2 heterocycles. The van der Waals surface area contributed by atoms with Crippen LogP contribution in [-0.4, -0.2) is 21.7 Å². The third kappa shape index (κ3) is 4.49. The first-order valence-electron chi connectivity index (χ1n) is 9.80. The van der Waals surface area contributed by atoms with Gasteiger partial charge in [-0.15, -0.1) is 0 Å². The van der Waals surface area contributed by atoms with Gasteiger partial charge < -0.3 is 15.1 Å². The number of benzene rings is 2. The van der Waals surface area contributed by atoms with E-state index >= 15 is 0 Å². The second kappa shape index (κ2) is 8.98. The van der Waals surface area contributed by atoms with Gasteiger partial charge in [0.05, 0.1) is 20.7 Å². The second-order valence-corrected chi connectivity index (χ2v) is 7.92. The lowest BCUT2D eigenvalue weighted by Crippen LogP contribution is -2.10. The number of anilines is 2. The third-order valence-electron chi connectivity index (χ3n) is 4.57. The fourth-order valence-electron chi connectivity index (χ4n) is 3.10. The molecule has 2 N–H and O–H groups in total. The van der Waals surface area contributed by atoms with Crippen LogP contribution in [0.5, 0.6) is 0 Å². The number of amides is 2. The van der Waals surface area contributed by atoms with Gasteiger partial charge in [0.25, 0.3) is 11.6 Å². The summed E-state index contributed by atoms with van der Waals surface area (Å²) in [6.45, 7) is 1.93. The quantitative estimate of drug-likeness (QED) is 0.284. The molecule has 2 aromatic carbocycles. The smallest absolute Gasteiger partial charge is 0.291 e. The molecule has 2 aromatic heterocycles. The van der Waals surface area contributed by atoms with Crippen LogP contribution in [-0.2, 0) is 4.79 Å². The van der Waals surface area contributed by atoms with Crippen LogP contribution in [0.4, 0.5) is 16.5 Å². The Labute approximate surface area is 186 Å². The highest BCUT2D eigenvalue weighted by Gasteiger charge is 2.19. The molecule has 9 nitrogen and oxygen atoms in total. The third-order valence-corrected chi connectivity index (χ3v) is 5.50. The van der Waals surface area contributed by atoms with Crippen molar-refractivity contribution in [3.8, 4) is 11.3 Å². The molecule has 10 heteroatoms. The van der Waals surface area contributed by atoms with Crippen LogP contribution in [0.1, 0.15) is 30.3 Å². The Kier molecular flexibility index (Phi) is 5.95. The molecule has 4 aromatic rings. The number of hydrogen-bond donors (Lipinski definition) is 2. The van der Waals surface area contributed by atoms with Crippen LogP contribution in [0.3, 0.4) is 0 Å².